The van der Waals surface area contributed by atoms with Crippen LogP contribution in [-0.2, 0) is 9.47 Å². The number of rotatable bonds is 10. The van der Waals surface area contributed by atoms with Crippen molar-refractivity contribution < 1.29 is 9.47 Å². The van der Waals surface area contributed by atoms with Crippen LogP contribution in [0.5, 0.6) is 0 Å². The topological polar surface area (TPSA) is 58.1 Å². The summed E-state index contributed by atoms with van der Waals surface area (Å²) in [6.07, 6.45) is 2.30. The average Bonchev–Trinajstić information content (AvgIpc) is 2.56. The molecule has 0 unspecified atom stereocenters. The maximum Gasteiger partial charge on any atom is 0.191 e. The van der Waals surface area contributed by atoms with E-state index in [0.717, 1.165) is 71.5 Å². The van der Waals surface area contributed by atoms with Crippen molar-refractivity contribution in [2.45, 2.75) is 46.1 Å². The number of guanidine groups is 1. The molecule has 1 saturated heterocycles. The van der Waals surface area contributed by atoms with E-state index in [4.69, 9.17) is 14.5 Å². The van der Waals surface area contributed by atoms with Gasteiger partial charge in [-0.05, 0) is 27.2 Å². The highest BCUT2D eigenvalue weighted by Gasteiger charge is 2.27. The summed E-state index contributed by atoms with van der Waals surface area (Å²) < 4.78 is 11.0. The minimum Gasteiger partial charge on any atom is -0.380 e. The first kappa shape index (κ1) is 23.9. The van der Waals surface area contributed by atoms with E-state index in [1.807, 2.05) is 0 Å². The van der Waals surface area contributed by atoms with Gasteiger partial charge in [0.1, 0.15) is 0 Å². The number of halogens is 1. The molecule has 1 aliphatic heterocycles. The quantitative estimate of drug-likeness (QED) is 0.228. The Morgan fingerprint density at radius 2 is 1.88 bits per heavy atom. The molecule has 0 aromatic rings. The summed E-state index contributed by atoms with van der Waals surface area (Å²) in [6, 6.07) is 0. The van der Waals surface area contributed by atoms with E-state index in [1.165, 1.54) is 6.42 Å². The predicted molar refractivity (Wildman–Crippen MR) is 112 cm³/mol. The first-order valence-corrected chi connectivity index (χ1v) is 9.03. The van der Waals surface area contributed by atoms with E-state index in [1.54, 1.807) is 0 Å². The highest BCUT2D eigenvalue weighted by atomic mass is 127. The van der Waals surface area contributed by atoms with Gasteiger partial charge in [-0.25, -0.2) is 0 Å². The van der Waals surface area contributed by atoms with Crippen molar-refractivity contribution in [2.24, 2.45) is 4.99 Å². The molecule has 1 heterocycles. The molecule has 0 atom stereocenters. The van der Waals surface area contributed by atoms with Gasteiger partial charge in [-0.1, -0.05) is 13.3 Å². The Kier molecular flexibility index (Phi) is 14.0. The number of nitrogens with zero attached hydrogens (tertiary/aromatic N) is 2. The van der Waals surface area contributed by atoms with Gasteiger partial charge in [0.2, 0.25) is 0 Å². The van der Waals surface area contributed by atoms with Crippen molar-refractivity contribution >= 4 is 29.9 Å². The lowest BCUT2D eigenvalue weighted by atomic mass is 10.0. The molecule has 0 bridgehead atoms. The maximum atomic E-state index is 5.58. The molecule has 1 rings (SSSR count). The maximum absolute atomic E-state index is 5.58. The van der Waals surface area contributed by atoms with Gasteiger partial charge in [-0.15, -0.1) is 24.0 Å². The van der Waals surface area contributed by atoms with E-state index >= 15 is 0 Å². The van der Waals surface area contributed by atoms with Crippen LogP contribution in [0.4, 0.5) is 0 Å². The largest absolute Gasteiger partial charge is 0.380 e. The molecule has 0 aromatic heterocycles. The molecule has 0 radical (unpaired) electrons. The Labute approximate surface area is 165 Å². The van der Waals surface area contributed by atoms with Crippen LogP contribution in [0.2, 0.25) is 0 Å². The van der Waals surface area contributed by atoms with Crippen LogP contribution in [0.25, 0.3) is 0 Å². The lowest BCUT2D eigenvalue weighted by molar-refractivity contribution is -0.00684. The molecule has 0 aromatic carbocycles. The fourth-order valence-corrected chi connectivity index (χ4v) is 2.47. The molecule has 6 nitrogen and oxygen atoms in total. The minimum atomic E-state index is 0. The number of hydrogen-bond acceptors (Lipinski definition) is 4. The zero-order valence-corrected chi connectivity index (χ0v) is 18.2. The second-order valence-electron chi connectivity index (χ2n) is 6.50. The predicted octanol–water partition coefficient (Wildman–Crippen LogP) is 2.09. The zero-order chi connectivity index (χ0) is 17.0. The first-order chi connectivity index (χ1) is 11.1. The van der Waals surface area contributed by atoms with E-state index in [-0.39, 0.29) is 29.5 Å². The standard InChI is InChI=1S/C17H36N4O2.HI/c1-5-7-11-22-12-8-19-16(18-6-2)20-15-17(3,4)21-9-13-23-14-10-21;/h5-15H2,1-4H3,(H2,18,19,20);1H. The van der Waals surface area contributed by atoms with Crippen LogP contribution >= 0.6 is 24.0 Å². The molecule has 0 spiro atoms. The van der Waals surface area contributed by atoms with Gasteiger partial charge < -0.3 is 20.1 Å². The molecule has 7 heteroatoms. The summed E-state index contributed by atoms with van der Waals surface area (Å²) in [7, 11) is 0. The van der Waals surface area contributed by atoms with Gasteiger partial charge in [-0.3, -0.25) is 9.89 Å². The fourth-order valence-electron chi connectivity index (χ4n) is 2.47. The third-order valence-electron chi connectivity index (χ3n) is 4.02. The third kappa shape index (κ3) is 10.0. The van der Waals surface area contributed by atoms with Crippen LogP contribution in [0.15, 0.2) is 4.99 Å². The smallest absolute Gasteiger partial charge is 0.191 e. The Morgan fingerprint density at radius 1 is 1.17 bits per heavy atom. The first-order valence-electron chi connectivity index (χ1n) is 9.03. The number of aliphatic imine (C=N–C) groups is 1. The van der Waals surface area contributed by atoms with Crippen molar-refractivity contribution in [1.82, 2.24) is 15.5 Å². The number of ether oxygens (including phenoxy) is 2. The van der Waals surface area contributed by atoms with Crippen molar-refractivity contribution in [3.8, 4) is 0 Å². The van der Waals surface area contributed by atoms with Crippen LogP contribution in [0.3, 0.4) is 0 Å². The number of nitrogens with one attached hydrogen (secondary N) is 2. The van der Waals surface area contributed by atoms with Gasteiger partial charge in [0.05, 0.1) is 26.4 Å². The molecule has 2 N–H and O–H groups in total. The number of morpholine rings is 1. The summed E-state index contributed by atoms with van der Waals surface area (Å²) in [5.74, 6) is 0.868. The molecule has 1 aliphatic rings. The van der Waals surface area contributed by atoms with Gasteiger partial charge in [0.15, 0.2) is 5.96 Å². The van der Waals surface area contributed by atoms with Gasteiger partial charge in [0.25, 0.3) is 0 Å². The summed E-state index contributed by atoms with van der Waals surface area (Å²) >= 11 is 0. The van der Waals surface area contributed by atoms with E-state index in [2.05, 4.69) is 43.2 Å². The van der Waals surface area contributed by atoms with Crippen molar-refractivity contribution in [1.29, 1.82) is 0 Å². The van der Waals surface area contributed by atoms with Crippen molar-refractivity contribution in [2.75, 3.05) is 59.2 Å². The molecular formula is C17H37IN4O2. The van der Waals surface area contributed by atoms with Crippen molar-refractivity contribution in [3.05, 3.63) is 0 Å². The number of hydrogen-bond donors (Lipinski definition) is 2. The van der Waals surface area contributed by atoms with Gasteiger partial charge in [0, 0.05) is 38.3 Å². The van der Waals surface area contributed by atoms with Crippen molar-refractivity contribution in [3.63, 3.8) is 0 Å². The molecular weight excluding hydrogens is 419 g/mol. The lowest BCUT2D eigenvalue weighted by Crippen LogP contribution is -2.52. The second-order valence-corrected chi connectivity index (χ2v) is 6.50. The second kappa shape index (κ2) is 14.1. The fraction of sp³-hybridized carbons (Fsp3) is 0.941. The van der Waals surface area contributed by atoms with E-state index in [0.29, 0.717) is 0 Å². The lowest BCUT2D eigenvalue weighted by Gasteiger charge is -2.39. The monoisotopic (exact) mass is 456 g/mol. The Morgan fingerprint density at radius 3 is 2.50 bits per heavy atom. The van der Waals surface area contributed by atoms with Crippen LogP contribution in [0.1, 0.15) is 40.5 Å². The molecule has 144 valence electrons. The summed E-state index contributed by atoms with van der Waals surface area (Å²) in [6.45, 7) is 16.3. The zero-order valence-electron chi connectivity index (χ0n) is 15.9. The Balaban J connectivity index is 0.00000529. The van der Waals surface area contributed by atoms with Gasteiger partial charge >= 0.3 is 0 Å². The molecule has 0 saturated carbocycles. The summed E-state index contributed by atoms with van der Waals surface area (Å²) in [5, 5.41) is 6.64. The highest BCUT2D eigenvalue weighted by molar-refractivity contribution is 14.0. The van der Waals surface area contributed by atoms with E-state index < -0.39 is 0 Å². The normalized spacial score (nSPS) is 16.6. The van der Waals surface area contributed by atoms with Crippen LogP contribution in [0, 0.1) is 0 Å². The summed E-state index contributed by atoms with van der Waals surface area (Å²) in [5.41, 5.74) is 0.0454. The third-order valence-corrected chi connectivity index (χ3v) is 4.02. The number of unbranched alkanes of at least 4 members (excludes halogenated alkanes) is 1. The highest BCUT2D eigenvalue weighted by Crippen LogP contribution is 2.16. The average molecular weight is 456 g/mol. The Bertz CT molecular complexity index is 335. The molecule has 0 amide bonds. The Hall–Kier alpha value is -0.120. The van der Waals surface area contributed by atoms with Gasteiger partial charge in [-0.2, -0.15) is 0 Å². The molecule has 0 aliphatic carbocycles. The SMILES string of the molecule is CCCCOCCNC(=NCC(C)(C)N1CCOCC1)NCC.I. The minimum absolute atomic E-state index is 0. The molecule has 24 heavy (non-hydrogen) atoms. The molecule has 1 fully saturated rings. The van der Waals surface area contributed by atoms with Crippen LogP contribution < -0.4 is 10.6 Å². The van der Waals surface area contributed by atoms with E-state index in [9.17, 15) is 0 Å². The summed E-state index contributed by atoms with van der Waals surface area (Å²) in [4.78, 5) is 7.21. The van der Waals surface area contributed by atoms with Crippen LogP contribution in [-0.4, -0.2) is 75.5 Å².